The Morgan fingerprint density at radius 1 is 1.12 bits per heavy atom. The SMILES string of the molecule is CC(C)(C)[Si](C)(C)OC[C@@]1(C)C(C2CCC3=CC4(CCC3=C2CO)OCCO4)CC[C@@H]1O. The van der Waals surface area contributed by atoms with Crippen molar-refractivity contribution in [3.63, 3.8) is 0 Å². The van der Waals surface area contributed by atoms with Crippen molar-refractivity contribution >= 4 is 8.32 Å². The molecule has 5 nitrogen and oxygen atoms in total. The van der Waals surface area contributed by atoms with Crippen molar-refractivity contribution in [3.8, 4) is 0 Å². The Hall–Kier alpha value is -0.503. The van der Waals surface area contributed by atoms with Gasteiger partial charge in [0, 0.05) is 18.4 Å². The Labute approximate surface area is 195 Å². The summed E-state index contributed by atoms with van der Waals surface area (Å²) in [5.74, 6) is 0.0894. The fourth-order valence-electron chi connectivity index (χ4n) is 6.20. The number of hydrogen-bond acceptors (Lipinski definition) is 5. The number of ether oxygens (including phenoxy) is 2. The van der Waals surface area contributed by atoms with E-state index >= 15 is 0 Å². The fourth-order valence-corrected chi connectivity index (χ4v) is 7.30. The highest BCUT2D eigenvalue weighted by molar-refractivity contribution is 6.74. The minimum absolute atomic E-state index is 0.0951. The molecule has 32 heavy (non-hydrogen) atoms. The first-order valence-electron chi connectivity index (χ1n) is 12.6. The largest absolute Gasteiger partial charge is 0.416 e. The Morgan fingerprint density at radius 2 is 1.81 bits per heavy atom. The Kier molecular flexibility index (Phi) is 6.63. The molecule has 0 aromatic rings. The van der Waals surface area contributed by atoms with Crippen LogP contribution in [0.25, 0.3) is 0 Å². The highest BCUT2D eigenvalue weighted by Gasteiger charge is 2.52. The van der Waals surface area contributed by atoms with Crippen LogP contribution >= 0.6 is 0 Å². The van der Waals surface area contributed by atoms with Gasteiger partial charge in [-0.1, -0.05) is 27.7 Å². The van der Waals surface area contributed by atoms with E-state index in [9.17, 15) is 10.2 Å². The topological polar surface area (TPSA) is 68.2 Å². The van der Waals surface area contributed by atoms with Gasteiger partial charge in [-0.25, -0.2) is 0 Å². The highest BCUT2D eigenvalue weighted by Crippen LogP contribution is 2.55. The van der Waals surface area contributed by atoms with E-state index in [1.165, 1.54) is 16.7 Å². The van der Waals surface area contributed by atoms with Gasteiger partial charge in [0.1, 0.15) is 0 Å². The molecule has 3 aliphatic carbocycles. The van der Waals surface area contributed by atoms with E-state index in [0.29, 0.717) is 31.7 Å². The molecule has 0 amide bonds. The smallest absolute Gasteiger partial charge is 0.192 e. The van der Waals surface area contributed by atoms with Crippen molar-refractivity contribution in [1.29, 1.82) is 0 Å². The summed E-state index contributed by atoms with van der Waals surface area (Å²) >= 11 is 0. The molecule has 1 saturated heterocycles. The average molecular weight is 465 g/mol. The van der Waals surface area contributed by atoms with Crippen LogP contribution in [-0.2, 0) is 13.9 Å². The monoisotopic (exact) mass is 464 g/mol. The van der Waals surface area contributed by atoms with Crippen LogP contribution in [0.1, 0.15) is 66.2 Å². The zero-order valence-corrected chi connectivity index (χ0v) is 22.0. The fraction of sp³-hybridized carbons (Fsp3) is 0.846. The Bertz CT molecular complexity index is 774. The summed E-state index contributed by atoms with van der Waals surface area (Å²) in [5, 5.41) is 21.7. The third-order valence-corrected chi connectivity index (χ3v) is 13.9. The first-order chi connectivity index (χ1) is 14.9. The minimum Gasteiger partial charge on any atom is -0.416 e. The maximum atomic E-state index is 11.1. The van der Waals surface area contributed by atoms with Gasteiger partial charge in [-0.15, -0.1) is 0 Å². The lowest BCUT2D eigenvalue weighted by molar-refractivity contribution is -0.123. The van der Waals surface area contributed by atoms with Gasteiger partial charge in [-0.3, -0.25) is 0 Å². The normalized spacial score (nSPS) is 35.4. The number of allylic oxidation sites excluding steroid dienone is 2. The van der Waals surface area contributed by atoms with Gasteiger partial charge in [-0.2, -0.15) is 0 Å². The van der Waals surface area contributed by atoms with Gasteiger partial charge in [0.05, 0.1) is 25.9 Å². The summed E-state index contributed by atoms with van der Waals surface area (Å²) in [6, 6.07) is 0. The van der Waals surface area contributed by atoms with E-state index in [1.807, 2.05) is 0 Å². The lowest BCUT2D eigenvalue weighted by Gasteiger charge is -2.46. The molecule has 2 N–H and O–H groups in total. The zero-order valence-electron chi connectivity index (χ0n) is 21.0. The van der Waals surface area contributed by atoms with E-state index in [4.69, 9.17) is 13.9 Å². The second-order valence-electron chi connectivity index (χ2n) is 12.2. The predicted octanol–water partition coefficient (Wildman–Crippen LogP) is 4.95. The first kappa shape index (κ1) is 24.6. The maximum Gasteiger partial charge on any atom is 0.192 e. The molecule has 182 valence electrons. The van der Waals surface area contributed by atoms with Gasteiger partial charge < -0.3 is 24.1 Å². The molecule has 4 atom stereocenters. The summed E-state index contributed by atoms with van der Waals surface area (Å²) in [7, 11) is -1.91. The molecule has 0 bridgehead atoms. The summed E-state index contributed by atoms with van der Waals surface area (Å²) in [4.78, 5) is 0. The third-order valence-electron chi connectivity index (χ3n) is 9.41. The first-order valence-corrected chi connectivity index (χ1v) is 15.5. The third kappa shape index (κ3) is 4.20. The standard InChI is InChI=1S/C26H44O5Si/c1-24(2,3)32(5,6)31-17-25(4)22(9-10-23(25)28)20-8-7-18-15-26(29-13-14-30-26)12-11-19(18)21(20)16-27/h15,20,22-23,27-28H,7-14,16-17H2,1-6H3/t20?,22?,23-,25-/m0/s1. The van der Waals surface area contributed by atoms with E-state index < -0.39 is 14.1 Å². The van der Waals surface area contributed by atoms with Crippen LogP contribution in [0.2, 0.25) is 18.1 Å². The van der Waals surface area contributed by atoms with E-state index in [1.54, 1.807) is 0 Å². The van der Waals surface area contributed by atoms with Gasteiger partial charge in [-0.05, 0) is 84.9 Å². The van der Waals surface area contributed by atoms with Crippen LogP contribution < -0.4 is 0 Å². The maximum absolute atomic E-state index is 11.1. The molecule has 1 aliphatic heterocycles. The lowest BCUT2D eigenvalue weighted by atomic mass is 9.64. The van der Waals surface area contributed by atoms with E-state index in [-0.39, 0.29) is 23.2 Å². The average Bonchev–Trinajstić information content (AvgIpc) is 3.30. The molecular formula is C26H44O5Si. The lowest BCUT2D eigenvalue weighted by Crippen LogP contribution is -2.48. The van der Waals surface area contributed by atoms with Crippen molar-refractivity contribution in [2.45, 2.75) is 96.2 Å². The molecule has 6 heteroatoms. The van der Waals surface area contributed by atoms with Crippen LogP contribution in [0, 0.1) is 17.3 Å². The molecule has 2 fully saturated rings. The molecule has 0 aromatic carbocycles. The van der Waals surface area contributed by atoms with Crippen molar-refractivity contribution in [2.24, 2.45) is 17.3 Å². The van der Waals surface area contributed by atoms with Gasteiger partial charge in [0.25, 0.3) is 0 Å². The van der Waals surface area contributed by atoms with Gasteiger partial charge in [0.2, 0.25) is 0 Å². The molecule has 1 spiro atoms. The minimum atomic E-state index is -1.91. The van der Waals surface area contributed by atoms with E-state index in [2.05, 4.69) is 46.9 Å². The number of fused-ring (bicyclic) bond motifs is 1. The molecule has 0 aromatic heterocycles. The Morgan fingerprint density at radius 3 is 2.44 bits per heavy atom. The van der Waals surface area contributed by atoms with Crippen molar-refractivity contribution in [3.05, 3.63) is 22.8 Å². The zero-order chi connectivity index (χ0) is 23.4. The number of rotatable bonds is 5. The summed E-state index contributed by atoms with van der Waals surface area (Å²) in [5.41, 5.74) is 3.53. The number of aliphatic hydroxyl groups is 2. The highest BCUT2D eigenvalue weighted by atomic mass is 28.4. The van der Waals surface area contributed by atoms with Crippen LogP contribution in [0.3, 0.4) is 0 Å². The van der Waals surface area contributed by atoms with E-state index in [0.717, 1.165) is 38.5 Å². The Balaban J connectivity index is 1.59. The van der Waals surface area contributed by atoms with Crippen LogP contribution in [0.4, 0.5) is 0 Å². The van der Waals surface area contributed by atoms with Crippen molar-refractivity contribution in [2.75, 3.05) is 26.4 Å². The summed E-state index contributed by atoms with van der Waals surface area (Å²) in [6.45, 7) is 15.6. The second kappa shape index (κ2) is 8.62. The predicted molar refractivity (Wildman–Crippen MR) is 129 cm³/mol. The molecule has 0 radical (unpaired) electrons. The van der Waals surface area contributed by atoms with Crippen LogP contribution in [-0.4, -0.2) is 56.8 Å². The number of hydrogen-bond donors (Lipinski definition) is 2. The van der Waals surface area contributed by atoms with Gasteiger partial charge >= 0.3 is 0 Å². The molecule has 1 saturated carbocycles. The molecule has 4 rings (SSSR count). The van der Waals surface area contributed by atoms with Crippen molar-refractivity contribution in [1.82, 2.24) is 0 Å². The quantitative estimate of drug-likeness (QED) is 0.564. The van der Waals surface area contributed by atoms with Gasteiger partial charge in [0.15, 0.2) is 14.1 Å². The van der Waals surface area contributed by atoms with Crippen LogP contribution in [0.5, 0.6) is 0 Å². The van der Waals surface area contributed by atoms with Crippen molar-refractivity contribution < 1.29 is 24.1 Å². The number of aliphatic hydroxyl groups excluding tert-OH is 2. The summed E-state index contributed by atoms with van der Waals surface area (Å²) < 4.78 is 18.5. The summed E-state index contributed by atoms with van der Waals surface area (Å²) in [6.07, 6.45) is 7.36. The molecule has 2 unspecified atom stereocenters. The molecular weight excluding hydrogens is 420 g/mol. The molecule has 1 heterocycles. The van der Waals surface area contributed by atoms with Crippen LogP contribution in [0.15, 0.2) is 22.8 Å². The molecule has 4 aliphatic rings. The second-order valence-corrected chi connectivity index (χ2v) is 17.0.